The van der Waals surface area contributed by atoms with E-state index in [1.165, 1.54) is 24.3 Å². The summed E-state index contributed by atoms with van der Waals surface area (Å²) in [5.74, 6) is -4.11. The van der Waals surface area contributed by atoms with E-state index in [0.29, 0.717) is 18.0 Å². The molecule has 24 heavy (non-hydrogen) atoms. The monoisotopic (exact) mass is 382 g/mol. The van der Waals surface area contributed by atoms with E-state index in [4.69, 9.17) is 5.73 Å². The van der Waals surface area contributed by atoms with Gasteiger partial charge in [-0.25, -0.2) is 8.42 Å². The predicted octanol–water partition coefficient (Wildman–Crippen LogP) is 2.10. The van der Waals surface area contributed by atoms with Gasteiger partial charge in [-0.1, -0.05) is 12.1 Å². The number of hydrogen-bond acceptors (Lipinski definition) is 4. The first-order chi connectivity index (χ1) is 10.7. The van der Waals surface area contributed by atoms with E-state index in [1.54, 1.807) is 0 Å². The van der Waals surface area contributed by atoms with Gasteiger partial charge in [0.05, 0.1) is 11.3 Å². The molecule has 1 saturated carbocycles. The van der Waals surface area contributed by atoms with E-state index in [2.05, 4.69) is 5.32 Å². The van der Waals surface area contributed by atoms with Gasteiger partial charge in [0.25, 0.3) is 5.91 Å². The summed E-state index contributed by atoms with van der Waals surface area (Å²) < 4.78 is 47.1. The number of rotatable bonds is 7. The van der Waals surface area contributed by atoms with E-state index in [0.717, 1.165) is 12.8 Å². The summed E-state index contributed by atoms with van der Waals surface area (Å²) in [6.45, 7) is 2.22. The van der Waals surface area contributed by atoms with Crippen molar-refractivity contribution in [3.8, 4) is 0 Å². The Morgan fingerprint density at radius 3 is 2.29 bits per heavy atom. The Labute approximate surface area is 146 Å². The van der Waals surface area contributed by atoms with Crippen LogP contribution in [0.1, 0.15) is 35.7 Å². The molecule has 5 nitrogen and oxygen atoms in total. The average Bonchev–Trinajstić information content (AvgIpc) is 3.32. The van der Waals surface area contributed by atoms with Gasteiger partial charge in [-0.2, -0.15) is 8.78 Å². The van der Waals surface area contributed by atoms with Crippen LogP contribution in [0.2, 0.25) is 0 Å². The molecule has 1 atom stereocenters. The first-order valence-corrected chi connectivity index (χ1v) is 9.01. The lowest BCUT2D eigenvalue weighted by molar-refractivity contribution is 0.0898. The fourth-order valence-corrected chi connectivity index (χ4v) is 3.20. The molecule has 9 heteroatoms. The van der Waals surface area contributed by atoms with Crippen LogP contribution >= 0.6 is 12.4 Å². The maximum Gasteiger partial charge on any atom is 0.337 e. The molecule has 0 bridgehead atoms. The van der Waals surface area contributed by atoms with Crippen LogP contribution in [-0.2, 0) is 15.6 Å². The summed E-state index contributed by atoms with van der Waals surface area (Å²) in [4.78, 5) is 12.3. The van der Waals surface area contributed by atoms with Crippen LogP contribution in [0.3, 0.4) is 0 Å². The second kappa shape index (κ2) is 7.76. The van der Waals surface area contributed by atoms with Crippen molar-refractivity contribution in [3.63, 3.8) is 0 Å². The maximum atomic E-state index is 12.3. The highest BCUT2D eigenvalue weighted by Gasteiger charge is 2.41. The zero-order valence-corrected chi connectivity index (χ0v) is 14.8. The van der Waals surface area contributed by atoms with E-state index in [1.807, 2.05) is 6.92 Å². The number of nitrogens with two attached hydrogens (primary N) is 1. The van der Waals surface area contributed by atoms with Gasteiger partial charge in [-0.15, -0.1) is 12.4 Å². The molecule has 1 aromatic carbocycles. The summed E-state index contributed by atoms with van der Waals surface area (Å²) >= 11 is 0. The molecule has 0 heterocycles. The quantitative estimate of drug-likeness (QED) is 0.755. The van der Waals surface area contributed by atoms with Crippen molar-refractivity contribution in [1.29, 1.82) is 0 Å². The van der Waals surface area contributed by atoms with Crippen molar-refractivity contribution in [2.24, 2.45) is 11.7 Å². The van der Waals surface area contributed by atoms with Crippen LogP contribution < -0.4 is 11.1 Å². The Bertz CT molecular complexity index is 678. The number of hydrogen-bond donors (Lipinski definition) is 2. The Balaban J connectivity index is 0.00000288. The average molecular weight is 383 g/mol. The van der Waals surface area contributed by atoms with Crippen LogP contribution in [0.4, 0.5) is 8.78 Å². The number of carbonyl (C=O) groups is 1. The molecular formula is C15H21ClF2N2O3S. The van der Waals surface area contributed by atoms with E-state index < -0.39 is 26.9 Å². The summed E-state index contributed by atoms with van der Waals surface area (Å²) in [7, 11) is -4.47. The summed E-state index contributed by atoms with van der Waals surface area (Å²) in [6, 6.07) is 5.59. The van der Waals surface area contributed by atoms with Crippen molar-refractivity contribution >= 4 is 28.2 Å². The Morgan fingerprint density at radius 1 is 1.33 bits per heavy atom. The normalized spacial score (nSPS) is 17.0. The zero-order chi connectivity index (χ0) is 17.3. The molecule has 0 radical (unpaired) electrons. The molecule has 136 valence electrons. The van der Waals surface area contributed by atoms with Crippen molar-refractivity contribution in [3.05, 3.63) is 35.4 Å². The van der Waals surface area contributed by atoms with Gasteiger partial charge in [0.1, 0.15) is 0 Å². The predicted molar refractivity (Wildman–Crippen MR) is 90.0 cm³/mol. The first-order valence-electron chi connectivity index (χ1n) is 7.29. The van der Waals surface area contributed by atoms with Crippen molar-refractivity contribution < 1.29 is 22.0 Å². The molecule has 1 aromatic rings. The zero-order valence-electron chi connectivity index (χ0n) is 13.2. The summed E-state index contributed by atoms with van der Waals surface area (Å²) in [6.07, 6.45) is 2.05. The van der Waals surface area contributed by atoms with Gasteiger partial charge in [-0.05, 0) is 43.4 Å². The topological polar surface area (TPSA) is 89.3 Å². The molecule has 0 saturated heterocycles. The number of nitrogens with one attached hydrogen (secondary N) is 1. The first kappa shape index (κ1) is 20.8. The highest BCUT2D eigenvalue weighted by atomic mass is 35.5. The molecule has 0 aliphatic heterocycles. The van der Waals surface area contributed by atoms with Gasteiger partial charge in [0, 0.05) is 12.1 Å². The molecular weight excluding hydrogens is 362 g/mol. The van der Waals surface area contributed by atoms with E-state index in [-0.39, 0.29) is 23.9 Å². The lowest BCUT2D eigenvalue weighted by Gasteiger charge is -2.29. The lowest BCUT2D eigenvalue weighted by Crippen LogP contribution is -2.53. The van der Waals surface area contributed by atoms with Crippen LogP contribution in [-0.4, -0.2) is 32.2 Å². The van der Waals surface area contributed by atoms with Crippen LogP contribution in [0.25, 0.3) is 0 Å². The number of carbonyl (C=O) groups excluding carboxylic acids is 1. The SMILES string of the molecule is CC(CN)(NC(=O)c1ccc(CS(=O)(=O)C(F)F)cc1)C1CC1.Cl. The molecule has 1 fully saturated rings. The van der Waals surface area contributed by atoms with Gasteiger partial charge >= 0.3 is 5.76 Å². The second-order valence-electron chi connectivity index (χ2n) is 6.11. The number of sulfone groups is 1. The lowest BCUT2D eigenvalue weighted by atomic mass is 9.95. The van der Waals surface area contributed by atoms with Crippen molar-refractivity contribution in [2.45, 2.75) is 36.8 Å². The number of benzene rings is 1. The van der Waals surface area contributed by atoms with Gasteiger partial charge in [0.15, 0.2) is 0 Å². The number of alkyl halides is 2. The number of halogens is 3. The van der Waals surface area contributed by atoms with E-state index >= 15 is 0 Å². The smallest absolute Gasteiger partial charge is 0.337 e. The highest BCUT2D eigenvalue weighted by molar-refractivity contribution is 7.90. The third-order valence-electron chi connectivity index (χ3n) is 4.16. The maximum absolute atomic E-state index is 12.3. The fourth-order valence-electron chi connectivity index (χ4n) is 2.42. The molecule has 0 spiro atoms. The molecule has 0 aromatic heterocycles. The second-order valence-corrected chi connectivity index (χ2v) is 8.09. The number of amides is 1. The molecule has 3 N–H and O–H groups in total. The molecule has 2 rings (SSSR count). The Kier molecular flexibility index (Phi) is 6.72. The third-order valence-corrected chi connectivity index (χ3v) is 5.44. The van der Waals surface area contributed by atoms with Crippen LogP contribution in [0.5, 0.6) is 0 Å². The van der Waals surface area contributed by atoms with E-state index in [9.17, 15) is 22.0 Å². The highest BCUT2D eigenvalue weighted by Crippen LogP contribution is 2.39. The van der Waals surface area contributed by atoms with Crippen molar-refractivity contribution in [1.82, 2.24) is 5.32 Å². The van der Waals surface area contributed by atoms with Crippen LogP contribution in [0, 0.1) is 5.92 Å². The fraction of sp³-hybridized carbons (Fsp3) is 0.533. The minimum atomic E-state index is -4.47. The Hall–Kier alpha value is -1.25. The molecule has 1 unspecified atom stereocenters. The van der Waals surface area contributed by atoms with Crippen LogP contribution in [0.15, 0.2) is 24.3 Å². The van der Waals surface area contributed by atoms with Gasteiger partial charge in [-0.3, -0.25) is 4.79 Å². The van der Waals surface area contributed by atoms with Gasteiger partial charge < -0.3 is 11.1 Å². The largest absolute Gasteiger partial charge is 0.345 e. The summed E-state index contributed by atoms with van der Waals surface area (Å²) in [5, 5.41) is 2.91. The van der Waals surface area contributed by atoms with Crippen molar-refractivity contribution in [2.75, 3.05) is 6.54 Å². The third kappa shape index (κ3) is 4.87. The van der Waals surface area contributed by atoms with Gasteiger partial charge in [0.2, 0.25) is 9.84 Å². The molecule has 1 aliphatic carbocycles. The standard InChI is InChI=1S/C15H20F2N2O3S.ClH/c1-15(9-18,12-6-7-12)19-13(20)11-4-2-10(3-5-11)8-23(21,22)14(16)17;/h2-5,12,14H,6-9,18H2,1H3,(H,19,20);1H. The summed E-state index contributed by atoms with van der Waals surface area (Å²) in [5.41, 5.74) is 5.83. The minimum Gasteiger partial charge on any atom is -0.345 e. The molecule has 1 amide bonds. The Morgan fingerprint density at radius 2 is 1.88 bits per heavy atom. The molecule has 1 aliphatic rings. The minimum absolute atomic E-state index is 0.